The van der Waals surface area contributed by atoms with Gasteiger partial charge in [0.1, 0.15) is 6.33 Å². The van der Waals surface area contributed by atoms with Crippen LogP contribution in [0.15, 0.2) is 11.1 Å². The van der Waals surface area contributed by atoms with E-state index in [1.54, 1.807) is 0 Å². The van der Waals surface area contributed by atoms with Crippen molar-refractivity contribution in [3.8, 4) is 6.07 Å². The van der Waals surface area contributed by atoms with Gasteiger partial charge in [-0.3, -0.25) is 4.57 Å². The highest BCUT2D eigenvalue weighted by Crippen LogP contribution is 2.10. The van der Waals surface area contributed by atoms with Crippen molar-refractivity contribution in [2.24, 2.45) is 0 Å². The summed E-state index contributed by atoms with van der Waals surface area (Å²) in [5, 5.41) is 14.3. The Kier molecular flexibility index (Phi) is 2.64. The van der Waals surface area contributed by atoms with Gasteiger partial charge in [0, 0.05) is 0 Å². The van der Waals surface area contributed by atoms with Crippen LogP contribution in [-0.2, 0) is 0 Å². The second-order valence-corrected chi connectivity index (χ2v) is 2.49. The van der Waals surface area contributed by atoms with Crippen LogP contribution in [0.4, 0.5) is 0 Å². The van der Waals surface area contributed by atoms with Gasteiger partial charge in [-0.25, -0.2) is 9.89 Å². The monoisotopic (exact) mass is 166 g/mol. The number of aromatic nitrogens is 3. The lowest BCUT2D eigenvalue weighted by molar-refractivity contribution is 0.482. The molecule has 1 atom stereocenters. The molecular weight excluding hydrogens is 156 g/mol. The van der Waals surface area contributed by atoms with Gasteiger partial charge in [0.15, 0.2) is 0 Å². The second-order valence-electron chi connectivity index (χ2n) is 2.49. The summed E-state index contributed by atoms with van der Waals surface area (Å²) < 4.78 is 1.45. The Morgan fingerprint density at radius 2 is 2.67 bits per heavy atom. The predicted molar refractivity (Wildman–Crippen MR) is 42.4 cm³/mol. The zero-order valence-electron chi connectivity index (χ0n) is 6.82. The maximum atomic E-state index is 11.0. The summed E-state index contributed by atoms with van der Waals surface area (Å²) in [5.41, 5.74) is -0.253. The lowest BCUT2D eigenvalue weighted by atomic mass is 10.2. The highest BCUT2D eigenvalue weighted by Gasteiger charge is 2.09. The van der Waals surface area contributed by atoms with Crippen LogP contribution in [-0.4, -0.2) is 14.8 Å². The zero-order valence-corrected chi connectivity index (χ0v) is 6.82. The molecule has 1 rings (SSSR count). The van der Waals surface area contributed by atoms with Crippen molar-refractivity contribution in [1.29, 1.82) is 5.26 Å². The molecule has 0 saturated heterocycles. The Bertz CT molecular complexity index is 332. The summed E-state index contributed by atoms with van der Waals surface area (Å²) in [4.78, 5) is 11.0. The van der Waals surface area contributed by atoms with Gasteiger partial charge in [-0.2, -0.15) is 10.4 Å². The first-order chi connectivity index (χ1) is 5.79. The van der Waals surface area contributed by atoms with Gasteiger partial charge in [-0.1, -0.05) is 6.92 Å². The van der Waals surface area contributed by atoms with Crippen molar-refractivity contribution in [3.63, 3.8) is 0 Å². The minimum absolute atomic E-state index is 0.0544. The van der Waals surface area contributed by atoms with Crippen LogP contribution in [0, 0.1) is 11.3 Å². The van der Waals surface area contributed by atoms with Crippen LogP contribution in [0.2, 0.25) is 0 Å². The van der Waals surface area contributed by atoms with E-state index in [1.807, 2.05) is 13.0 Å². The van der Waals surface area contributed by atoms with Crippen molar-refractivity contribution < 1.29 is 0 Å². The molecule has 0 spiro atoms. The molecule has 0 amide bonds. The minimum atomic E-state index is -0.253. The molecule has 1 aromatic rings. The summed E-state index contributed by atoms with van der Waals surface area (Å²) in [6.07, 6.45) is 2.52. The van der Waals surface area contributed by atoms with Crippen molar-refractivity contribution in [2.75, 3.05) is 0 Å². The van der Waals surface area contributed by atoms with Gasteiger partial charge in [0.05, 0.1) is 18.5 Å². The molecule has 12 heavy (non-hydrogen) atoms. The Hall–Kier alpha value is -1.57. The van der Waals surface area contributed by atoms with Crippen molar-refractivity contribution in [3.05, 3.63) is 16.8 Å². The number of rotatable bonds is 3. The van der Waals surface area contributed by atoms with Gasteiger partial charge >= 0.3 is 5.69 Å². The molecule has 0 aliphatic heterocycles. The first-order valence-corrected chi connectivity index (χ1v) is 3.78. The van der Waals surface area contributed by atoms with Gasteiger partial charge in [0.25, 0.3) is 0 Å². The SMILES string of the molecule is CCC(CC#N)n1cn[nH]c1=O. The fourth-order valence-corrected chi connectivity index (χ4v) is 1.06. The molecule has 1 heterocycles. The maximum Gasteiger partial charge on any atom is 0.343 e. The molecule has 0 saturated carbocycles. The molecule has 1 N–H and O–H groups in total. The highest BCUT2D eigenvalue weighted by atomic mass is 16.1. The van der Waals surface area contributed by atoms with Crippen LogP contribution in [0.1, 0.15) is 25.8 Å². The molecule has 64 valence electrons. The van der Waals surface area contributed by atoms with E-state index in [0.717, 1.165) is 6.42 Å². The van der Waals surface area contributed by atoms with Crippen molar-refractivity contribution >= 4 is 0 Å². The van der Waals surface area contributed by atoms with E-state index >= 15 is 0 Å². The van der Waals surface area contributed by atoms with Crippen molar-refractivity contribution in [1.82, 2.24) is 14.8 Å². The van der Waals surface area contributed by atoms with E-state index in [4.69, 9.17) is 5.26 Å². The number of aromatic amines is 1. The summed E-state index contributed by atoms with van der Waals surface area (Å²) in [6.45, 7) is 1.93. The van der Waals surface area contributed by atoms with Gasteiger partial charge < -0.3 is 0 Å². The van der Waals surface area contributed by atoms with E-state index in [2.05, 4.69) is 10.2 Å². The van der Waals surface area contributed by atoms with E-state index in [0.29, 0.717) is 6.42 Å². The number of hydrogen-bond acceptors (Lipinski definition) is 3. The molecule has 1 aromatic heterocycles. The molecule has 5 heteroatoms. The third-order valence-electron chi connectivity index (χ3n) is 1.77. The van der Waals surface area contributed by atoms with Gasteiger partial charge in [-0.15, -0.1) is 0 Å². The average molecular weight is 166 g/mol. The normalized spacial score (nSPS) is 12.3. The van der Waals surface area contributed by atoms with Crippen LogP contribution in [0.3, 0.4) is 0 Å². The molecule has 0 aromatic carbocycles. The Morgan fingerprint density at radius 1 is 1.92 bits per heavy atom. The minimum Gasteiger partial charge on any atom is -0.278 e. The largest absolute Gasteiger partial charge is 0.343 e. The standard InChI is InChI=1S/C7H10N4O/c1-2-6(3-4-8)11-5-9-10-7(11)12/h5-6H,2-3H2,1H3,(H,10,12). The van der Waals surface area contributed by atoms with Crippen LogP contribution < -0.4 is 5.69 Å². The highest BCUT2D eigenvalue weighted by molar-refractivity contribution is 4.81. The van der Waals surface area contributed by atoms with E-state index in [1.165, 1.54) is 10.9 Å². The number of nitriles is 1. The topological polar surface area (TPSA) is 74.5 Å². The first kappa shape index (κ1) is 8.53. The molecule has 1 unspecified atom stereocenters. The quantitative estimate of drug-likeness (QED) is 0.707. The van der Waals surface area contributed by atoms with E-state index in [-0.39, 0.29) is 11.7 Å². The lowest BCUT2D eigenvalue weighted by Crippen LogP contribution is -2.21. The molecule has 5 nitrogen and oxygen atoms in total. The van der Waals surface area contributed by atoms with Crippen LogP contribution >= 0.6 is 0 Å². The summed E-state index contributed by atoms with van der Waals surface area (Å²) >= 11 is 0. The Balaban J connectivity index is 2.88. The number of nitrogens with zero attached hydrogens (tertiary/aromatic N) is 3. The Labute approximate surface area is 69.6 Å². The molecule has 0 aliphatic rings. The smallest absolute Gasteiger partial charge is 0.278 e. The van der Waals surface area contributed by atoms with Gasteiger partial charge in [-0.05, 0) is 6.42 Å². The third kappa shape index (κ3) is 1.53. The number of nitrogens with one attached hydrogen (secondary N) is 1. The molecule has 0 bridgehead atoms. The van der Waals surface area contributed by atoms with Crippen LogP contribution in [0.25, 0.3) is 0 Å². The third-order valence-corrected chi connectivity index (χ3v) is 1.77. The molecular formula is C7H10N4O. The van der Waals surface area contributed by atoms with Gasteiger partial charge in [0.2, 0.25) is 0 Å². The average Bonchev–Trinajstić information content (AvgIpc) is 2.47. The zero-order chi connectivity index (χ0) is 8.97. The van der Waals surface area contributed by atoms with E-state index in [9.17, 15) is 4.79 Å². The predicted octanol–water partition coefficient (Wildman–Crippen LogP) is 0.436. The maximum absolute atomic E-state index is 11.0. The number of hydrogen-bond donors (Lipinski definition) is 1. The lowest BCUT2D eigenvalue weighted by Gasteiger charge is -2.09. The number of H-pyrrole nitrogens is 1. The van der Waals surface area contributed by atoms with Crippen LogP contribution in [0.5, 0.6) is 0 Å². The molecule has 0 radical (unpaired) electrons. The second kappa shape index (κ2) is 3.72. The fraction of sp³-hybridized carbons (Fsp3) is 0.571. The Morgan fingerprint density at radius 3 is 3.08 bits per heavy atom. The summed E-state index contributed by atoms with van der Waals surface area (Å²) in [6, 6.07) is 1.98. The summed E-state index contributed by atoms with van der Waals surface area (Å²) in [7, 11) is 0. The molecule has 0 aliphatic carbocycles. The fourth-order valence-electron chi connectivity index (χ4n) is 1.06. The molecule has 0 fully saturated rings. The van der Waals surface area contributed by atoms with E-state index < -0.39 is 0 Å². The summed E-state index contributed by atoms with van der Waals surface area (Å²) in [5.74, 6) is 0. The van der Waals surface area contributed by atoms with Crippen molar-refractivity contribution in [2.45, 2.75) is 25.8 Å². The first-order valence-electron chi connectivity index (χ1n) is 3.78.